The van der Waals surface area contributed by atoms with Gasteiger partial charge in [0.05, 0.1) is 16.7 Å². The molecule has 0 aliphatic carbocycles. The van der Waals surface area contributed by atoms with Crippen LogP contribution >= 0.6 is 11.8 Å². The lowest BCUT2D eigenvalue weighted by molar-refractivity contribution is -0.115. The second-order valence-electron chi connectivity index (χ2n) is 4.63. The lowest BCUT2D eigenvalue weighted by Gasteiger charge is -2.21. The van der Waals surface area contributed by atoms with Crippen molar-refractivity contribution >= 4 is 33.4 Å². The van der Waals surface area contributed by atoms with Gasteiger partial charge in [0.25, 0.3) is 0 Å². The summed E-state index contributed by atoms with van der Waals surface area (Å²) in [7, 11) is -3.15. The van der Waals surface area contributed by atoms with E-state index in [-0.39, 0.29) is 16.9 Å². The first-order valence-electron chi connectivity index (χ1n) is 6.49. The minimum absolute atomic E-state index is 0.00587. The molecule has 0 saturated carbocycles. The summed E-state index contributed by atoms with van der Waals surface area (Å²) in [6, 6.07) is 5.85. The summed E-state index contributed by atoms with van der Waals surface area (Å²) in [6.07, 6.45) is 0.600. The van der Waals surface area contributed by atoms with E-state index in [1.165, 1.54) is 11.8 Å². The molecule has 110 valence electrons. The van der Waals surface area contributed by atoms with Crippen LogP contribution in [-0.4, -0.2) is 31.9 Å². The molecule has 1 atom stereocenters. The standard InChI is InChI=1S/C13H18N2O3S2/c1-3-20(17,18)14-7-6-10-4-5-12-11(8-10)15-13(16)9(2)19-12/h4-5,8-9,14H,3,6-7H2,1-2H3,(H,15,16). The van der Waals surface area contributed by atoms with Crippen LogP contribution in [0.5, 0.6) is 0 Å². The summed E-state index contributed by atoms with van der Waals surface area (Å²) in [5, 5.41) is 2.79. The van der Waals surface area contributed by atoms with Gasteiger partial charge in [0.15, 0.2) is 0 Å². The lowest BCUT2D eigenvalue weighted by Crippen LogP contribution is -2.28. The van der Waals surface area contributed by atoms with Crippen molar-refractivity contribution in [2.45, 2.75) is 30.4 Å². The SMILES string of the molecule is CCS(=O)(=O)NCCc1ccc2c(c1)NC(=O)C(C)S2. The molecule has 1 aromatic rings. The predicted octanol–water partition coefficient (Wildman–Crippen LogP) is 1.60. The maximum Gasteiger partial charge on any atom is 0.237 e. The number of thioether (sulfide) groups is 1. The third-order valence-corrected chi connectivity index (χ3v) is 5.67. The van der Waals surface area contributed by atoms with Gasteiger partial charge in [0.2, 0.25) is 15.9 Å². The zero-order chi connectivity index (χ0) is 14.8. The number of hydrogen-bond donors (Lipinski definition) is 2. The largest absolute Gasteiger partial charge is 0.324 e. The summed E-state index contributed by atoms with van der Waals surface area (Å²) in [5.74, 6) is 0.0910. The molecule has 2 rings (SSSR count). The highest BCUT2D eigenvalue weighted by atomic mass is 32.2. The van der Waals surface area contributed by atoms with Gasteiger partial charge >= 0.3 is 0 Å². The van der Waals surface area contributed by atoms with Gasteiger partial charge in [-0.15, -0.1) is 11.8 Å². The van der Waals surface area contributed by atoms with E-state index in [1.807, 2.05) is 25.1 Å². The second-order valence-corrected chi connectivity index (χ2v) is 8.11. The minimum atomic E-state index is -3.15. The fourth-order valence-electron chi connectivity index (χ4n) is 1.86. The van der Waals surface area contributed by atoms with Crippen LogP contribution in [0.15, 0.2) is 23.1 Å². The number of benzene rings is 1. The van der Waals surface area contributed by atoms with Crippen molar-refractivity contribution in [3.63, 3.8) is 0 Å². The van der Waals surface area contributed by atoms with Gasteiger partial charge in [-0.3, -0.25) is 4.79 Å². The van der Waals surface area contributed by atoms with Gasteiger partial charge in [0, 0.05) is 11.4 Å². The third-order valence-electron chi connectivity index (χ3n) is 3.09. The number of hydrogen-bond acceptors (Lipinski definition) is 4. The molecule has 5 nitrogen and oxygen atoms in total. The second kappa shape index (κ2) is 6.15. The average molecular weight is 314 g/mol. The Morgan fingerprint density at radius 2 is 2.15 bits per heavy atom. The van der Waals surface area contributed by atoms with Crippen molar-refractivity contribution in [1.82, 2.24) is 4.72 Å². The molecule has 1 heterocycles. The number of amides is 1. The molecule has 0 radical (unpaired) electrons. The highest BCUT2D eigenvalue weighted by Crippen LogP contribution is 2.35. The van der Waals surface area contributed by atoms with Gasteiger partial charge < -0.3 is 5.32 Å². The quantitative estimate of drug-likeness (QED) is 0.865. The number of nitrogens with one attached hydrogen (secondary N) is 2. The Morgan fingerprint density at radius 3 is 2.85 bits per heavy atom. The number of carbonyl (C=O) groups is 1. The fourth-order valence-corrected chi connectivity index (χ4v) is 3.41. The molecule has 2 N–H and O–H groups in total. The molecule has 1 aliphatic heterocycles. The van der Waals surface area contributed by atoms with Gasteiger partial charge in [-0.05, 0) is 38.0 Å². The lowest BCUT2D eigenvalue weighted by atomic mass is 10.1. The average Bonchev–Trinajstić information content (AvgIpc) is 2.40. The Balaban J connectivity index is 2.01. The molecule has 7 heteroatoms. The molecule has 20 heavy (non-hydrogen) atoms. The topological polar surface area (TPSA) is 75.3 Å². The van der Waals surface area contributed by atoms with Crippen molar-refractivity contribution in [2.24, 2.45) is 0 Å². The first kappa shape index (κ1) is 15.3. The Hall–Kier alpha value is -1.05. The zero-order valence-corrected chi connectivity index (χ0v) is 13.1. The maximum atomic E-state index is 11.6. The monoisotopic (exact) mass is 314 g/mol. The van der Waals surface area contributed by atoms with Crippen LogP contribution in [-0.2, 0) is 21.2 Å². The molecular weight excluding hydrogens is 296 g/mol. The summed E-state index contributed by atoms with van der Waals surface area (Å²) >= 11 is 1.54. The van der Waals surface area contributed by atoms with Crippen molar-refractivity contribution < 1.29 is 13.2 Å². The van der Waals surface area contributed by atoms with Gasteiger partial charge in [-0.25, -0.2) is 13.1 Å². The van der Waals surface area contributed by atoms with E-state index < -0.39 is 10.0 Å². The molecule has 0 fully saturated rings. The number of rotatable bonds is 5. The van der Waals surface area contributed by atoms with Crippen molar-refractivity contribution in [1.29, 1.82) is 0 Å². The van der Waals surface area contributed by atoms with E-state index in [0.717, 1.165) is 16.1 Å². The fraction of sp³-hybridized carbons (Fsp3) is 0.462. The van der Waals surface area contributed by atoms with Crippen LogP contribution in [0.25, 0.3) is 0 Å². The third kappa shape index (κ3) is 3.74. The summed E-state index contributed by atoms with van der Waals surface area (Å²) in [5.41, 5.74) is 1.81. The molecule has 0 saturated heterocycles. The molecule has 0 spiro atoms. The number of sulfonamides is 1. The van der Waals surface area contributed by atoms with Crippen molar-refractivity contribution in [2.75, 3.05) is 17.6 Å². The van der Waals surface area contributed by atoms with E-state index in [0.29, 0.717) is 13.0 Å². The smallest absolute Gasteiger partial charge is 0.237 e. The molecule has 1 aliphatic rings. The van der Waals surface area contributed by atoms with Gasteiger partial charge in [0.1, 0.15) is 0 Å². The van der Waals surface area contributed by atoms with E-state index in [9.17, 15) is 13.2 Å². The highest BCUT2D eigenvalue weighted by molar-refractivity contribution is 8.01. The van der Waals surface area contributed by atoms with Gasteiger partial charge in [-0.1, -0.05) is 6.07 Å². The van der Waals surface area contributed by atoms with E-state index in [1.54, 1.807) is 6.92 Å². The van der Waals surface area contributed by atoms with E-state index in [4.69, 9.17) is 0 Å². The van der Waals surface area contributed by atoms with Crippen molar-refractivity contribution in [3.05, 3.63) is 23.8 Å². The Labute approximate surface area is 123 Å². The van der Waals surface area contributed by atoms with Gasteiger partial charge in [-0.2, -0.15) is 0 Å². The first-order valence-corrected chi connectivity index (χ1v) is 9.02. The Morgan fingerprint density at radius 1 is 1.40 bits per heavy atom. The van der Waals surface area contributed by atoms with Crippen LogP contribution in [0.2, 0.25) is 0 Å². The number of anilines is 1. The molecule has 1 amide bonds. The predicted molar refractivity (Wildman–Crippen MR) is 81.6 cm³/mol. The number of carbonyl (C=O) groups excluding carboxylic acids is 1. The Kier molecular flexibility index (Phi) is 4.72. The van der Waals surface area contributed by atoms with Crippen LogP contribution in [0.3, 0.4) is 0 Å². The molecule has 0 aromatic heterocycles. The zero-order valence-electron chi connectivity index (χ0n) is 11.5. The van der Waals surface area contributed by atoms with Crippen LogP contribution < -0.4 is 10.0 Å². The summed E-state index contributed by atoms with van der Waals surface area (Å²) < 4.78 is 25.2. The summed E-state index contributed by atoms with van der Waals surface area (Å²) in [4.78, 5) is 12.7. The van der Waals surface area contributed by atoms with E-state index in [2.05, 4.69) is 10.0 Å². The summed E-state index contributed by atoms with van der Waals surface area (Å²) in [6.45, 7) is 3.85. The van der Waals surface area contributed by atoms with Crippen LogP contribution in [0, 0.1) is 0 Å². The highest BCUT2D eigenvalue weighted by Gasteiger charge is 2.22. The van der Waals surface area contributed by atoms with Crippen LogP contribution in [0.1, 0.15) is 19.4 Å². The maximum absolute atomic E-state index is 11.6. The number of fused-ring (bicyclic) bond motifs is 1. The normalized spacial score (nSPS) is 18.5. The van der Waals surface area contributed by atoms with E-state index >= 15 is 0 Å². The molecular formula is C13H18N2O3S2. The first-order chi connectivity index (χ1) is 9.41. The molecule has 0 bridgehead atoms. The minimum Gasteiger partial charge on any atom is -0.324 e. The van der Waals surface area contributed by atoms with Crippen molar-refractivity contribution in [3.8, 4) is 0 Å². The van der Waals surface area contributed by atoms with Crippen LogP contribution in [0.4, 0.5) is 5.69 Å². The Bertz CT molecular complexity index is 614. The molecule has 1 aromatic carbocycles. The molecule has 1 unspecified atom stereocenters.